The van der Waals surface area contributed by atoms with Gasteiger partial charge in [0.25, 0.3) is 0 Å². The van der Waals surface area contributed by atoms with Crippen LogP contribution in [0.4, 0.5) is 10.1 Å². The summed E-state index contributed by atoms with van der Waals surface area (Å²) in [5.74, 6) is -1.48. The van der Waals surface area contributed by atoms with Crippen LogP contribution in [0.1, 0.15) is 10.4 Å². The summed E-state index contributed by atoms with van der Waals surface area (Å²) < 4.78 is 24.2. The van der Waals surface area contributed by atoms with E-state index >= 15 is 0 Å². The summed E-state index contributed by atoms with van der Waals surface area (Å²) in [5.41, 5.74) is 5.19. The molecule has 0 radical (unpaired) electrons. The molecular formula is C14H12FNO4. The third-order valence-electron chi connectivity index (χ3n) is 2.62. The molecule has 0 bridgehead atoms. The summed E-state index contributed by atoms with van der Waals surface area (Å²) in [6.07, 6.45) is 0. The van der Waals surface area contributed by atoms with E-state index in [0.29, 0.717) is 11.5 Å². The maximum atomic E-state index is 13.6. The molecule has 0 aliphatic heterocycles. The molecule has 0 atom stereocenters. The van der Waals surface area contributed by atoms with Gasteiger partial charge >= 0.3 is 5.97 Å². The van der Waals surface area contributed by atoms with E-state index in [4.69, 9.17) is 20.3 Å². The van der Waals surface area contributed by atoms with Gasteiger partial charge in [0.2, 0.25) is 0 Å². The second-order valence-electron chi connectivity index (χ2n) is 3.93. The number of benzene rings is 2. The second kappa shape index (κ2) is 5.48. The molecule has 0 unspecified atom stereocenters. The summed E-state index contributed by atoms with van der Waals surface area (Å²) in [7, 11) is 1.47. The molecule has 0 aromatic heterocycles. The Morgan fingerprint density at radius 1 is 1.20 bits per heavy atom. The number of carboxylic acid groups (broad SMARTS) is 1. The van der Waals surface area contributed by atoms with Gasteiger partial charge in [0.15, 0.2) is 17.2 Å². The van der Waals surface area contributed by atoms with Crippen molar-refractivity contribution in [3.05, 3.63) is 47.8 Å². The van der Waals surface area contributed by atoms with E-state index in [2.05, 4.69) is 0 Å². The summed E-state index contributed by atoms with van der Waals surface area (Å²) >= 11 is 0. The summed E-state index contributed by atoms with van der Waals surface area (Å²) in [5, 5.41) is 8.80. The van der Waals surface area contributed by atoms with Gasteiger partial charge in [0, 0.05) is 6.07 Å². The van der Waals surface area contributed by atoms with Crippen molar-refractivity contribution in [3.63, 3.8) is 0 Å². The molecule has 0 amide bonds. The van der Waals surface area contributed by atoms with E-state index in [-0.39, 0.29) is 11.4 Å². The molecule has 0 spiro atoms. The maximum absolute atomic E-state index is 13.6. The predicted octanol–water partition coefficient (Wildman–Crippen LogP) is 2.91. The van der Waals surface area contributed by atoms with Gasteiger partial charge in [-0.3, -0.25) is 0 Å². The standard InChI is InChI=1S/C14H12FNO4/c1-19-11-4-2-3-5-12(11)20-13-7-9(15)8(14(17)18)6-10(13)16/h2-7H,16H2,1H3,(H,17,18). The molecule has 0 fully saturated rings. The first kappa shape index (κ1) is 13.7. The molecule has 0 aliphatic carbocycles. The molecule has 5 nitrogen and oxygen atoms in total. The lowest BCUT2D eigenvalue weighted by molar-refractivity contribution is 0.0692. The minimum atomic E-state index is -1.39. The van der Waals surface area contributed by atoms with Crippen LogP contribution in [-0.4, -0.2) is 18.2 Å². The van der Waals surface area contributed by atoms with E-state index in [0.717, 1.165) is 12.1 Å². The molecule has 3 N–H and O–H groups in total. The van der Waals surface area contributed by atoms with Crippen molar-refractivity contribution < 1.29 is 23.8 Å². The summed E-state index contributed by atoms with van der Waals surface area (Å²) in [6.45, 7) is 0. The largest absolute Gasteiger partial charge is 0.493 e. The SMILES string of the molecule is COc1ccccc1Oc1cc(F)c(C(=O)O)cc1N. The van der Waals surface area contributed by atoms with Gasteiger partial charge in [0.1, 0.15) is 5.82 Å². The van der Waals surface area contributed by atoms with Crippen LogP contribution in [0, 0.1) is 5.82 Å². The lowest BCUT2D eigenvalue weighted by Gasteiger charge is -2.12. The molecule has 0 saturated carbocycles. The van der Waals surface area contributed by atoms with Crippen LogP contribution < -0.4 is 15.2 Å². The van der Waals surface area contributed by atoms with Crippen LogP contribution in [0.25, 0.3) is 0 Å². The second-order valence-corrected chi connectivity index (χ2v) is 3.93. The van der Waals surface area contributed by atoms with Crippen molar-refractivity contribution in [2.24, 2.45) is 0 Å². The zero-order chi connectivity index (χ0) is 14.7. The fourth-order valence-corrected chi connectivity index (χ4v) is 1.65. The number of aromatic carboxylic acids is 1. The minimum Gasteiger partial charge on any atom is -0.493 e. The molecule has 0 aliphatic rings. The van der Waals surface area contributed by atoms with Crippen molar-refractivity contribution >= 4 is 11.7 Å². The van der Waals surface area contributed by atoms with Gasteiger partial charge < -0.3 is 20.3 Å². The van der Waals surface area contributed by atoms with Crippen molar-refractivity contribution in [1.82, 2.24) is 0 Å². The van der Waals surface area contributed by atoms with Gasteiger partial charge in [0.05, 0.1) is 18.4 Å². The number of carbonyl (C=O) groups is 1. The first-order valence-electron chi connectivity index (χ1n) is 5.66. The van der Waals surface area contributed by atoms with E-state index in [1.165, 1.54) is 7.11 Å². The van der Waals surface area contributed by atoms with E-state index in [1.807, 2.05) is 0 Å². The molecule has 0 heterocycles. The number of hydrogen-bond acceptors (Lipinski definition) is 4. The highest BCUT2D eigenvalue weighted by atomic mass is 19.1. The fraction of sp³-hybridized carbons (Fsp3) is 0.0714. The topological polar surface area (TPSA) is 81.8 Å². The Kier molecular flexibility index (Phi) is 3.74. The highest BCUT2D eigenvalue weighted by Crippen LogP contribution is 2.35. The molecule has 0 saturated heterocycles. The van der Waals surface area contributed by atoms with Crippen molar-refractivity contribution in [3.8, 4) is 17.2 Å². The number of ether oxygens (including phenoxy) is 2. The van der Waals surface area contributed by atoms with Crippen molar-refractivity contribution in [2.45, 2.75) is 0 Å². The first-order chi connectivity index (χ1) is 9.52. The monoisotopic (exact) mass is 277 g/mol. The zero-order valence-electron chi connectivity index (χ0n) is 10.6. The number of anilines is 1. The smallest absolute Gasteiger partial charge is 0.338 e. The average Bonchev–Trinajstić information content (AvgIpc) is 2.42. The minimum absolute atomic E-state index is 0.0229. The number of carboxylic acids is 1. The number of methoxy groups -OCH3 is 1. The number of hydrogen-bond donors (Lipinski definition) is 2. The third-order valence-corrected chi connectivity index (χ3v) is 2.62. The fourth-order valence-electron chi connectivity index (χ4n) is 1.65. The number of para-hydroxylation sites is 2. The Bertz CT molecular complexity index is 658. The first-order valence-corrected chi connectivity index (χ1v) is 5.66. The Labute approximate surface area is 114 Å². The van der Waals surface area contributed by atoms with Crippen LogP contribution in [0.15, 0.2) is 36.4 Å². The van der Waals surface area contributed by atoms with E-state index < -0.39 is 17.3 Å². The maximum Gasteiger partial charge on any atom is 0.338 e. The van der Waals surface area contributed by atoms with Gasteiger partial charge in [-0.1, -0.05) is 12.1 Å². The molecular weight excluding hydrogens is 265 g/mol. The molecule has 2 aromatic rings. The lowest BCUT2D eigenvalue weighted by atomic mass is 10.1. The molecule has 2 aromatic carbocycles. The number of nitrogen functional groups attached to an aromatic ring is 1. The van der Waals surface area contributed by atoms with E-state index in [9.17, 15) is 9.18 Å². The van der Waals surface area contributed by atoms with Crippen LogP contribution in [0.5, 0.6) is 17.2 Å². The van der Waals surface area contributed by atoms with Crippen LogP contribution in [0.2, 0.25) is 0 Å². The zero-order valence-corrected chi connectivity index (χ0v) is 10.6. The third kappa shape index (κ3) is 2.64. The average molecular weight is 277 g/mol. The predicted molar refractivity (Wildman–Crippen MR) is 70.8 cm³/mol. The molecule has 2 rings (SSSR count). The highest BCUT2D eigenvalue weighted by Gasteiger charge is 2.15. The molecule has 6 heteroatoms. The number of nitrogens with two attached hydrogens (primary N) is 1. The Balaban J connectivity index is 2.39. The van der Waals surface area contributed by atoms with Crippen molar-refractivity contribution in [1.29, 1.82) is 0 Å². The van der Waals surface area contributed by atoms with E-state index in [1.54, 1.807) is 24.3 Å². The molecule has 104 valence electrons. The Hall–Kier alpha value is -2.76. The van der Waals surface area contributed by atoms with Gasteiger partial charge in [-0.05, 0) is 18.2 Å². The van der Waals surface area contributed by atoms with Crippen LogP contribution in [0.3, 0.4) is 0 Å². The lowest BCUT2D eigenvalue weighted by Crippen LogP contribution is -2.03. The normalized spacial score (nSPS) is 10.1. The van der Waals surface area contributed by atoms with Crippen molar-refractivity contribution in [2.75, 3.05) is 12.8 Å². The number of halogens is 1. The van der Waals surface area contributed by atoms with Gasteiger partial charge in [-0.2, -0.15) is 0 Å². The Morgan fingerprint density at radius 3 is 2.45 bits per heavy atom. The van der Waals surface area contributed by atoms with Crippen LogP contribution in [-0.2, 0) is 0 Å². The van der Waals surface area contributed by atoms with Gasteiger partial charge in [-0.15, -0.1) is 0 Å². The Morgan fingerprint density at radius 2 is 1.85 bits per heavy atom. The molecule has 20 heavy (non-hydrogen) atoms. The van der Waals surface area contributed by atoms with Crippen LogP contribution >= 0.6 is 0 Å². The quantitative estimate of drug-likeness (QED) is 0.840. The summed E-state index contributed by atoms with van der Waals surface area (Å²) in [4.78, 5) is 10.8. The van der Waals surface area contributed by atoms with Gasteiger partial charge in [-0.25, -0.2) is 9.18 Å². The highest BCUT2D eigenvalue weighted by molar-refractivity contribution is 5.89. The summed E-state index contributed by atoms with van der Waals surface area (Å²) in [6, 6.07) is 8.72. The number of rotatable bonds is 4.